The molecule has 1 aromatic carbocycles. The third kappa shape index (κ3) is 3.51. The van der Waals surface area contributed by atoms with E-state index in [1.165, 1.54) is 0 Å². The van der Waals surface area contributed by atoms with Crippen LogP contribution in [0.3, 0.4) is 0 Å². The van der Waals surface area contributed by atoms with Crippen LogP contribution in [0.1, 0.15) is 19.3 Å². The Labute approximate surface area is 147 Å². The summed E-state index contributed by atoms with van der Waals surface area (Å²) in [5.74, 6) is 1.58. The third-order valence-electron chi connectivity index (χ3n) is 5.32. The normalized spacial score (nSPS) is 26.2. The standard InChI is InChI=1S/C18H23ClN2O3/c1-20-10-13-8-14(7-12(13)9-17(20)22)21(2)18(23)11-24-16-6-4-3-5-15(16)19/h3-6,12-14H,7-11H2,1-2H3/t12-,13+,14-/m1/s1. The fourth-order valence-electron chi connectivity index (χ4n) is 3.81. The smallest absolute Gasteiger partial charge is 0.260 e. The van der Waals surface area contributed by atoms with E-state index in [1.54, 1.807) is 17.0 Å². The first kappa shape index (κ1) is 17.1. The highest BCUT2D eigenvalue weighted by Gasteiger charge is 2.42. The molecule has 1 aliphatic heterocycles. The van der Waals surface area contributed by atoms with Crippen molar-refractivity contribution in [2.45, 2.75) is 25.3 Å². The van der Waals surface area contributed by atoms with Gasteiger partial charge in [0, 0.05) is 33.1 Å². The van der Waals surface area contributed by atoms with E-state index >= 15 is 0 Å². The SMILES string of the molecule is CN1C[C@@H]2C[C@H](N(C)C(=O)COc3ccccc3Cl)C[C@@H]2CC1=O. The van der Waals surface area contributed by atoms with Gasteiger partial charge in [-0.15, -0.1) is 0 Å². The number of para-hydroxylation sites is 1. The molecular weight excluding hydrogens is 328 g/mol. The maximum atomic E-state index is 12.4. The molecule has 0 radical (unpaired) electrons. The van der Waals surface area contributed by atoms with Crippen molar-refractivity contribution in [2.24, 2.45) is 11.8 Å². The Morgan fingerprint density at radius 3 is 2.79 bits per heavy atom. The molecule has 6 heteroatoms. The van der Waals surface area contributed by atoms with Crippen LogP contribution in [0.4, 0.5) is 0 Å². The van der Waals surface area contributed by atoms with E-state index in [0.717, 1.165) is 19.4 Å². The number of halogens is 1. The van der Waals surface area contributed by atoms with Crippen LogP contribution in [0.2, 0.25) is 5.02 Å². The fourth-order valence-corrected chi connectivity index (χ4v) is 4.00. The monoisotopic (exact) mass is 350 g/mol. The lowest BCUT2D eigenvalue weighted by atomic mass is 9.88. The zero-order valence-electron chi connectivity index (χ0n) is 14.1. The first-order valence-corrected chi connectivity index (χ1v) is 8.70. The van der Waals surface area contributed by atoms with Gasteiger partial charge in [0.25, 0.3) is 5.91 Å². The average molecular weight is 351 g/mol. The molecule has 1 saturated carbocycles. The van der Waals surface area contributed by atoms with Gasteiger partial charge >= 0.3 is 0 Å². The molecule has 3 atom stereocenters. The fraction of sp³-hybridized carbons (Fsp3) is 0.556. The summed E-state index contributed by atoms with van der Waals surface area (Å²) >= 11 is 6.04. The topological polar surface area (TPSA) is 49.9 Å². The van der Waals surface area contributed by atoms with Gasteiger partial charge in [-0.05, 0) is 36.8 Å². The average Bonchev–Trinajstić information content (AvgIpc) is 2.96. The number of carbonyl (C=O) groups excluding carboxylic acids is 2. The van der Waals surface area contributed by atoms with E-state index in [9.17, 15) is 9.59 Å². The summed E-state index contributed by atoms with van der Waals surface area (Å²) in [5, 5.41) is 0.501. The molecule has 3 rings (SSSR count). The van der Waals surface area contributed by atoms with Crippen molar-refractivity contribution in [2.75, 3.05) is 27.2 Å². The quantitative estimate of drug-likeness (QED) is 0.838. The number of likely N-dealkylation sites (N-methyl/N-ethyl adjacent to an activating group) is 1. The highest BCUT2D eigenvalue weighted by Crippen LogP contribution is 2.40. The molecule has 2 amide bonds. The molecular formula is C18H23ClN2O3. The highest BCUT2D eigenvalue weighted by atomic mass is 35.5. The van der Waals surface area contributed by atoms with Crippen LogP contribution in [0.15, 0.2) is 24.3 Å². The highest BCUT2D eigenvalue weighted by molar-refractivity contribution is 6.32. The van der Waals surface area contributed by atoms with E-state index in [-0.39, 0.29) is 24.5 Å². The number of rotatable bonds is 4. The lowest BCUT2D eigenvalue weighted by Gasteiger charge is -2.31. The van der Waals surface area contributed by atoms with Crippen molar-refractivity contribution in [3.63, 3.8) is 0 Å². The summed E-state index contributed by atoms with van der Waals surface area (Å²) in [4.78, 5) is 27.9. The summed E-state index contributed by atoms with van der Waals surface area (Å²) < 4.78 is 5.55. The van der Waals surface area contributed by atoms with Crippen LogP contribution >= 0.6 is 11.6 Å². The van der Waals surface area contributed by atoms with Crippen LogP contribution in [0.5, 0.6) is 5.75 Å². The van der Waals surface area contributed by atoms with Gasteiger partial charge in [-0.3, -0.25) is 9.59 Å². The van der Waals surface area contributed by atoms with Crippen LogP contribution in [0, 0.1) is 11.8 Å². The van der Waals surface area contributed by atoms with Gasteiger partial charge in [-0.1, -0.05) is 23.7 Å². The molecule has 1 aromatic rings. The van der Waals surface area contributed by atoms with Crippen molar-refractivity contribution in [1.82, 2.24) is 9.80 Å². The van der Waals surface area contributed by atoms with Gasteiger partial charge in [0.1, 0.15) is 5.75 Å². The number of hydrogen-bond acceptors (Lipinski definition) is 3. The Kier molecular flexibility index (Phi) is 4.99. The molecule has 0 aromatic heterocycles. The number of carbonyl (C=O) groups is 2. The molecule has 130 valence electrons. The van der Waals surface area contributed by atoms with Crippen molar-refractivity contribution in [3.05, 3.63) is 29.3 Å². The van der Waals surface area contributed by atoms with E-state index < -0.39 is 0 Å². The maximum absolute atomic E-state index is 12.4. The predicted molar refractivity (Wildman–Crippen MR) is 92.0 cm³/mol. The van der Waals surface area contributed by atoms with Crippen LogP contribution in [-0.4, -0.2) is 54.9 Å². The Morgan fingerprint density at radius 2 is 2.04 bits per heavy atom. The number of hydrogen-bond donors (Lipinski definition) is 0. The number of amides is 2. The predicted octanol–water partition coefficient (Wildman–Crippen LogP) is 2.43. The zero-order chi connectivity index (χ0) is 17.3. The van der Waals surface area contributed by atoms with Crippen LogP contribution in [0.25, 0.3) is 0 Å². The molecule has 1 heterocycles. The lowest BCUT2D eigenvalue weighted by molar-refractivity contribution is -0.135. The van der Waals surface area contributed by atoms with Crippen molar-refractivity contribution in [3.8, 4) is 5.75 Å². The molecule has 5 nitrogen and oxygen atoms in total. The summed E-state index contributed by atoms with van der Waals surface area (Å²) in [6.45, 7) is 0.781. The number of likely N-dealkylation sites (tertiary alicyclic amines) is 1. The second kappa shape index (κ2) is 7.01. The minimum atomic E-state index is -0.0572. The van der Waals surface area contributed by atoms with E-state index in [2.05, 4.69) is 0 Å². The van der Waals surface area contributed by atoms with Gasteiger partial charge in [-0.25, -0.2) is 0 Å². The van der Waals surface area contributed by atoms with Crippen LogP contribution in [-0.2, 0) is 9.59 Å². The second-order valence-electron chi connectivity index (χ2n) is 6.85. The van der Waals surface area contributed by atoms with Gasteiger partial charge in [-0.2, -0.15) is 0 Å². The van der Waals surface area contributed by atoms with Crippen LogP contribution < -0.4 is 4.74 Å². The van der Waals surface area contributed by atoms with Crippen molar-refractivity contribution >= 4 is 23.4 Å². The summed E-state index contributed by atoms with van der Waals surface area (Å²) in [6, 6.07) is 7.31. The molecule has 2 aliphatic rings. The molecule has 0 unspecified atom stereocenters. The zero-order valence-corrected chi connectivity index (χ0v) is 14.8. The Bertz CT molecular complexity index is 636. The summed E-state index contributed by atoms with van der Waals surface area (Å²) in [6.07, 6.45) is 2.46. The van der Waals surface area contributed by atoms with Gasteiger partial charge in [0.05, 0.1) is 5.02 Å². The molecule has 0 bridgehead atoms. The third-order valence-corrected chi connectivity index (χ3v) is 5.63. The first-order valence-electron chi connectivity index (χ1n) is 8.32. The minimum Gasteiger partial charge on any atom is -0.482 e. The van der Waals surface area contributed by atoms with Gasteiger partial charge in [0.2, 0.25) is 5.91 Å². The van der Waals surface area contributed by atoms with E-state index in [0.29, 0.717) is 29.0 Å². The molecule has 1 saturated heterocycles. The van der Waals surface area contributed by atoms with Gasteiger partial charge in [0.15, 0.2) is 6.61 Å². The number of ether oxygens (including phenoxy) is 1. The Hall–Kier alpha value is -1.75. The molecule has 0 spiro atoms. The molecule has 0 N–H and O–H groups in total. The summed E-state index contributed by atoms with van der Waals surface area (Å²) in [5.41, 5.74) is 0. The number of piperidine rings is 1. The molecule has 1 aliphatic carbocycles. The number of benzene rings is 1. The van der Waals surface area contributed by atoms with Crippen molar-refractivity contribution in [1.29, 1.82) is 0 Å². The minimum absolute atomic E-state index is 0.0229. The Morgan fingerprint density at radius 1 is 1.33 bits per heavy atom. The maximum Gasteiger partial charge on any atom is 0.260 e. The second-order valence-corrected chi connectivity index (χ2v) is 7.25. The molecule has 24 heavy (non-hydrogen) atoms. The molecule has 2 fully saturated rings. The largest absolute Gasteiger partial charge is 0.482 e. The van der Waals surface area contributed by atoms with Crippen molar-refractivity contribution < 1.29 is 14.3 Å². The Balaban J connectivity index is 1.55. The van der Waals surface area contributed by atoms with Gasteiger partial charge < -0.3 is 14.5 Å². The number of nitrogens with zero attached hydrogens (tertiary/aromatic N) is 2. The first-order chi connectivity index (χ1) is 11.5. The summed E-state index contributed by atoms with van der Waals surface area (Å²) in [7, 11) is 3.68. The van der Waals surface area contributed by atoms with E-state index in [1.807, 2.05) is 31.1 Å². The number of fused-ring (bicyclic) bond motifs is 1. The van der Waals surface area contributed by atoms with E-state index in [4.69, 9.17) is 16.3 Å². The lowest BCUT2D eigenvalue weighted by Crippen LogP contribution is -2.40.